The Labute approximate surface area is 201 Å². The number of anilines is 1. The Morgan fingerprint density at radius 1 is 0.788 bits per heavy atom. The second kappa shape index (κ2) is 8.77. The first kappa shape index (κ1) is 21.9. The largest absolute Gasteiger partial charge is 0.294 e. The summed E-state index contributed by atoms with van der Waals surface area (Å²) in [5.74, 6) is -1.17. The lowest BCUT2D eigenvalue weighted by Gasteiger charge is -2.41. The summed E-state index contributed by atoms with van der Waals surface area (Å²) >= 11 is 13.0. The summed E-state index contributed by atoms with van der Waals surface area (Å²) in [6.07, 6.45) is 0.904. The molecule has 0 fully saturated rings. The predicted octanol–water partition coefficient (Wildman–Crippen LogP) is 7.05. The number of hydrogen-bond acceptors (Lipinski definition) is 2. The zero-order valence-corrected chi connectivity index (χ0v) is 19.1. The molecule has 33 heavy (non-hydrogen) atoms. The minimum absolute atomic E-state index is 0.0225. The lowest BCUT2D eigenvalue weighted by Crippen LogP contribution is -2.42. The van der Waals surface area contributed by atoms with E-state index in [9.17, 15) is 14.0 Å². The second-order valence-electron chi connectivity index (χ2n) is 8.40. The number of carbonyl (C=O) groups excluding carboxylic acids is 2. The molecule has 1 aliphatic heterocycles. The Kier molecular flexibility index (Phi) is 5.81. The van der Waals surface area contributed by atoms with Crippen molar-refractivity contribution in [2.45, 2.75) is 31.1 Å². The number of allylic oxidation sites excluding steroid dienone is 2. The molecule has 6 heteroatoms. The van der Waals surface area contributed by atoms with Gasteiger partial charge in [0.2, 0.25) is 5.91 Å². The quantitative estimate of drug-likeness (QED) is 0.403. The van der Waals surface area contributed by atoms with Crippen molar-refractivity contribution in [1.29, 1.82) is 0 Å². The first-order chi connectivity index (χ1) is 15.9. The molecule has 1 heterocycles. The van der Waals surface area contributed by atoms with Crippen molar-refractivity contribution in [3.8, 4) is 0 Å². The maximum absolute atomic E-state index is 13.6. The van der Waals surface area contributed by atoms with E-state index in [1.54, 1.807) is 35.2 Å². The Hall–Kier alpha value is -2.95. The van der Waals surface area contributed by atoms with Crippen LogP contribution >= 0.6 is 23.2 Å². The molecule has 0 N–H and O–H groups in total. The summed E-state index contributed by atoms with van der Waals surface area (Å²) < 4.78 is 13.6. The number of ketones is 1. The molecule has 3 nitrogen and oxygen atoms in total. The van der Waals surface area contributed by atoms with Crippen molar-refractivity contribution < 1.29 is 14.0 Å². The Bertz CT molecular complexity index is 1250. The summed E-state index contributed by atoms with van der Waals surface area (Å²) in [6.45, 7) is 0. The molecule has 3 aromatic rings. The predicted molar refractivity (Wildman–Crippen MR) is 128 cm³/mol. The van der Waals surface area contributed by atoms with Gasteiger partial charge in [0.25, 0.3) is 0 Å². The van der Waals surface area contributed by atoms with Crippen molar-refractivity contribution in [2.75, 3.05) is 4.90 Å². The molecule has 1 amide bonds. The molecule has 1 aliphatic carbocycles. The number of halogens is 3. The van der Waals surface area contributed by atoms with Gasteiger partial charge in [-0.1, -0.05) is 59.6 Å². The van der Waals surface area contributed by atoms with Crippen molar-refractivity contribution >= 4 is 40.6 Å². The molecule has 0 bridgehead atoms. The smallest absolute Gasteiger partial charge is 0.232 e. The number of amides is 1. The van der Waals surface area contributed by atoms with Gasteiger partial charge in [-0.15, -0.1) is 0 Å². The highest BCUT2D eigenvalue weighted by Gasteiger charge is 2.43. The molecule has 0 spiro atoms. The maximum Gasteiger partial charge on any atom is 0.232 e. The lowest BCUT2D eigenvalue weighted by molar-refractivity contribution is -0.120. The molecule has 0 saturated carbocycles. The standard InChI is InChI=1S/C27H20Cl2FNO2/c28-21-7-4-8-22(29)26(21)20-15-25(33)31(19-11-9-18(30)10-12-19)23-13-17(14-24(32)27(20)23)16-5-2-1-3-6-16/h1-12,17,20H,13-15H2. The fraction of sp³-hybridized carbons (Fsp3) is 0.185. The second-order valence-corrected chi connectivity index (χ2v) is 9.21. The van der Waals surface area contributed by atoms with Gasteiger partial charge in [-0.25, -0.2) is 4.39 Å². The highest BCUT2D eigenvalue weighted by atomic mass is 35.5. The normalized spacial score (nSPS) is 20.8. The van der Waals surface area contributed by atoms with Gasteiger partial charge in [-0.3, -0.25) is 14.5 Å². The molecule has 0 radical (unpaired) electrons. The minimum atomic E-state index is -0.519. The highest BCUT2D eigenvalue weighted by Crippen LogP contribution is 2.49. The summed E-state index contributed by atoms with van der Waals surface area (Å²) in [5.41, 5.74) is 3.40. The molecular formula is C27H20Cl2FNO2. The van der Waals surface area contributed by atoms with E-state index in [0.717, 1.165) is 5.56 Å². The Morgan fingerprint density at radius 3 is 2.12 bits per heavy atom. The molecule has 2 unspecified atom stereocenters. The third-order valence-corrected chi connectivity index (χ3v) is 7.09. The van der Waals surface area contributed by atoms with Crippen LogP contribution in [0, 0.1) is 5.82 Å². The minimum Gasteiger partial charge on any atom is -0.294 e. The fourth-order valence-electron chi connectivity index (χ4n) is 4.98. The average molecular weight is 480 g/mol. The van der Waals surface area contributed by atoms with Gasteiger partial charge in [0.15, 0.2) is 5.78 Å². The van der Waals surface area contributed by atoms with E-state index in [-0.39, 0.29) is 29.8 Å². The monoisotopic (exact) mass is 479 g/mol. The summed E-state index contributed by atoms with van der Waals surface area (Å²) in [4.78, 5) is 28.7. The van der Waals surface area contributed by atoms with E-state index in [1.807, 2.05) is 30.3 Å². The van der Waals surface area contributed by atoms with E-state index in [2.05, 4.69) is 0 Å². The molecule has 0 saturated heterocycles. The van der Waals surface area contributed by atoms with Gasteiger partial charge >= 0.3 is 0 Å². The van der Waals surface area contributed by atoms with Gasteiger partial charge in [0.1, 0.15) is 5.82 Å². The van der Waals surface area contributed by atoms with Gasteiger partial charge < -0.3 is 0 Å². The molecule has 166 valence electrons. The van der Waals surface area contributed by atoms with Crippen LogP contribution in [0.1, 0.15) is 42.2 Å². The molecule has 3 aromatic carbocycles. The van der Waals surface area contributed by atoms with E-state index in [0.29, 0.717) is 45.4 Å². The van der Waals surface area contributed by atoms with Gasteiger partial charge in [0, 0.05) is 45.8 Å². The third kappa shape index (κ3) is 3.98. The Balaban J connectivity index is 1.69. The number of rotatable bonds is 3. The van der Waals surface area contributed by atoms with Crippen LogP contribution < -0.4 is 4.90 Å². The zero-order valence-electron chi connectivity index (χ0n) is 17.6. The van der Waals surface area contributed by atoms with Crippen LogP contribution in [0.2, 0.25) is 10.0 Å². The van der Waals surface area contributed by atoms with Crippen LogP contribution in [0.5, 0.6) is 0 Å². The van der Waals surface area contributed by atoms with E-state index >= 15 is 0 Å². The van der Waals surface area contributed by atoms with Crippen LogP contribution in [0.25, 0.3) is 0 Å². The van der Waals surface area contributed by atoms with E-state index < -0.39 is 5.92 Å². The molecule has 2 aliphatic rings. The Morgan fingerprint density at radius 2 is 1.45 bits per heavy atom. The SMILES string of the molecule is O=C1CC(c2ccccc2)CC2=C1C(c1c(Cl)cccc1Cl)CC(=O)N2c1ccc(F)cc1. The number of benzene rings is 3. The number of carbonyl (C=O) groups is 2. The van der Waals surface area contributed by atoms with E-state index in [1.165, 1.54) is 12.1 Å². The highest BCUT2D eigenvalue weighted by molar-refractivity contribution is 6.36. The number of nitrogens with zero attached hydrogens (tertiary/aromatic N) is 1. The first-order valence-electron chi connectivity index (χ1n) is 10.8. The average Bonchev–Trinajstić information content (AvgIpc) is 2.80. The number of Topliss-reactive ketones (excluding diaryl/α,β-unsaturated/α-hetero) is 1. The third-order valence-electron chi connectivity index (χ3n) is 6.43. The fourth-order valence-corrected chi connectivity index (χ4v) is 5.64. The van der Waals surface area contributed by atoms with Crippen molar-refractivity contribution in [3.05, 3.63) is 111 Å². The molecule has 2 atom stereocenters. The topological polar surface area (TPSA) is 37.4 Å². The summed E-state index contributed by atoms with van der Waals surface area (Å²) in [6, 6.07) is 20.8. The van der Waals surface area contributed by atoms with Gasteiger partial charge in [-0.2, -0.15) is 0 Å². The zero-order chi connectivity index (χ0) is 23.1. The van der Waals surface area contributed by atoms with E-state index in [4.69, 9.17) is 23.2 Å². The molecule has 5 rings (SSSR count). The summed E-state index contributed by atoms with van der Waals surface area (Å²) in [7, 11) is 0. The van der Waals surface area contributed by atoms with Crippen molar-refractivity contribution in [3.63, 3.8) is 0 Å². The lowest BCUT2D eigenvalue weighted by atomic mass is 9.72. The van der Waals surface area contributed by atoms with Crippen LogP contribution in [0.15, 0.2) is 84.1 Å². The van der Waals surface area contributed by atoms with Crippen molar-refractivity contribution in [1.82, 2.24) is 0 Å². The maximum atomic E-state index is 13.6. The van der Waals surface area contributed by atoms with Crippen LogP contribution in [-0.4, -0.2) is 11.7 Å². The van der Waals surface area contributed by atoms with Gasteiger partial charge in [0.05, 0.1) is 0 Å². The van der Waals surface area contributed by atoms with Crippen molar-refractivity contribution in [2.24, 2.45) is 0 Å². The summed E-state index contributed by atoms with van der Waals surface area (Å²) in [5, 5.41) is 0.862. The van der Waals surface area contributed by atoms with Gasteiger partial charge in [-0.05, 0) is 59.9 Å². The van der Waals surface area contributed by atoms with Crippen LogP contribution in [0.3, 0.4) is 0 Å². The van der Waals surface area contributed by atoms with Crippen LogP contribution in [-0.2, 0) is 9.59 Å². The first-order valence-corrected chi connectivity index (χ1v) is 11.5. The number of hydrogen-bond donors (Lipinski definition) is 0. The molecular weight excluding hydrogens is 460 g/mol. The molecule has 0 aromatic heterocycles. The van der Waals surface area contributed by atoms with Crippen LogP contribution in [0.4, 0.5) is 10.1 Å².